The van der Waals surface area contributed by atoms with Crippen LogP contribution < -0.4 is 10.2 Å². The molecule has 0 spiro atoms. The summed E-state index contributed by atoms with van der Waals surface area (Å²) >= 11 is 0. The Hall–Kier alpha value is -2.04. The molecular weight excluding hydrogens is 494 g/mol. The molecule has 158 valence electrons. The minimum absolute atomic E-state index is 0. The number of alkyl halides is 3. The third-order valence-corrected chi connectivity index (χ3v) is 4.72. The van der Waals surface area contributed by atoms with Crippen LogP contribution in [-0.2, 0) is 12.6 Å². The summed E-state index contributed by atoms with van der Waals surface area (Å²) in [5.41, 5.74) is 1.01. The number of aliphatic imine (C=N–C) groups is 1. The second-order valence-electron chi connectivity index (χ2n) is 6.57. The van der Waals surface area contributed by atoms with Crippen molar-refractivity contribution in [2.45, 2.75) is 12.6 Å². The Morgan fingerprint density at radius 3 is 2.48 bits per heavy atom. The van der Waals surface area contributed by atoms with Crippen molar-refractivity contribution >= 4 is 35.6 Å². The maximum Gasteiger partial charge on any atom is 0.416 e. The van der Waals surface area contributed by atoms with E-state index in [0.717, 1.165) is 30.7 Å². The van der Waals surface area contributed by atoms with E-state index < -0.39 is 11.7 Å². The van der Waals surface area contributed by atoms with Crippen LogP contribution in [0.25, 0.3) is 0 Å². The monoisotopic (exact) mass is 519 g/mol. The highest BCUT2D eigenvalue weighted by Gasteiger charge is 2.31. The Labute approximate surface area is 186 Å². The van der Waals surface area contributed by atoms with Gasteiger partial charge in [-0.25, -0.2) is 0 Å². The molecule has 2 aromatic rings. The third-order valence-electron chi connectivity index (χ3n) is 4.72. The largest absolute Gasteiger partial charge is 0.416 e. The molecule has 0 radical (unpaired) electrons. The maximum absolute atomic E-state index is 12.9. The smallest absolute Gasteiger partial charge is 0.368 e. The van der Waals surface area contributed by atoms with E-state index in [-0.39, 0.29) is 24.0 Å². The molecule has 1 fully saturated rings. The second-order valence-corrected chi connectivity index (χ2v) is 6.57. The highest BCUT2D eigenvalue weighted by molar-refractivity contribution is 14.0. The standard InChI is InChI=1S/C20H24F3N5.HI/c1-24-19(26-10-8-17-6-2-3-9-25-17)28-13-11-27(12-14-28)18-7-4-5-16(15-18)20(21,22)23;/h2-7,9,15H,8,10-14H2,1H3,(H,24,26);1H. The number of hydrogen-bond donors (Lipinski definition) is 1. The van der Waals surface area contributed by atoms with Gasteiger partial charge in [0.2, 0.25) is 0 Å². The lowest BCUT2D eigenvalue weighted by molar-refractivity contribution is -0.137. The Morgan fingerprint density at radius 2 is 1.86 bits per heavy atom. The summed E-state index contributed by atoms with van der Waals surface area (Å²) in [6.07, 6.45) is -1.75. The number of hydrogen-bond acceptors (Lipinski definition) is 3. The van der Waals surface area contributed by atoms with Crippen molar-refractivity contribution < 1.29 is 13.2 Å². The van der Waals surface area contributed by atoms with Crippen LogP contribution in [-0.4, -0.2) is 55.6 Å². The number of aromatic nitrogens is 1. The molecule has 2 heterocycles. The van der Waals surface area contributed by atoms with Gasteiger partial charge < -0.3 is 15.1 Å². The molecule has 5 nitrogen and oxygen atoms in total. The fourth-order valence-electron chi connectivity index (χ4n) is 3.24. The van der Waals surface area contributed by atoms with Gasteiger partial charge in [0, 0.05) is 63.8 Å². The van der Waals surface area contributed by atoms with E-state index >= 15 is 0 Å². The van der Waals surface area contributed by atoms with Gasteiger partial charge in [0.05, 0.1) is 5.56 Å². The average Bonchev–Trinajstić information content (AvgIpc) is 2.72. The lowest BCUT2D eigenvalue weighted by Crippen LogP contribution is -2.52. The minimum Gasteiger partial charge on any atom is -0.368 e. The summed E-state index contributed by atoms with van der Waals surface area (Å²) in [4.78, 5) is 12.7. The van der Waals surface area contributed by atoms with Crippen molar-refractivity contribution in [1.82, 2.24) is 15.2 Å². The number of piperazine rings is 1. The van der Waals surface area contributed by atoms with Gasteiger partial charge in [-0.3, -0.25) is 9.98 Å². The molecule has 1 aromatic heterocycles. The number of halogens is 4. The summed E-state index contributed by atoms with van der Waals surface area (Å²) in [7, 11) is 1.74. The van der Waals surface area contributed by atoms with Gasteiger partial charge in [-0.05, 0) is 30.3 Å². The van der Waals surface area contributed by atoms with Gasteiger partial charge in [0.1, 0.15) is 0 Å². The number of benzene rings is 1. The van der Waals surface area contributed by atoms with Crippen molar-refractivity contribution in [1.29, 1.82) is 0 Å². The first-order chi connectivity index (χ1) is 13.5. The normalized spacial score (nSPS) is 15.1. The van der Waals surface area contributed by atoms with Gasteiger partial charge in [0.15, 0.2) is 5.96 Å². The Bertz CT molecular complexity index is 790. The Kier molecular flexibility index (Phi) is 8.54. The predicted octanol–water partition coefficient (Wildman–Crippen LogP) is 3.66. The van der Waals surface area contributed by atoms with Crippen molar-refractivity contribution in [3.63, 3.8) is 0 Å². The van der Waals surface area contributed by atoms with Crippen LogP contribution in [0, 0.1) is 0 Å². The van der Waals surface area contributed by atoms with E-state index in [1.165, 1.54) is 12.1 Å². The zero-order valence-corrected chi connectivity index (χ0v) is 18.5. The lowest BCUT2D eigenvalue weighted by Gasteiger charge is -2.37. The molecule has 9 heteroatoms. The first-order valence-electron chi connectivity index (χ1n) is 9.25. The first-order valence-corrected chi connectivity index (χ1v) is 9.25. The van der Waals surface area contributed by atoms with Gasteiger partial charge in [-0.2, -0.15) is 13.2 Å². The molecule has 3 rings (SSSR count). The fourth-order valence-corrected chi connectivity index (χ4v) is 3.24. The molecular formula is C20H25F3IN5. The van der Waals surface area contributed by atoms with Crippen molar-refractivity contribution in [2.75, 3.05) is 44.7 Å². The van der Waals surface area contributed by atoms with Crippen LogP contribution in [0.15, 0.2) is 53.7 Å². The molecule has 1 N–H and O–H groups in total. The summed E-state index contributed by atoms with van der Waals surface area (Å²) < 4.78 is 38.8. The predicted molar refractivity (Wildman–Crippen MR) is 120 cm³/mol. The summed E-state index contributed by atoms with van der Waals surface area (Å²) in [6.45, 7) is 3.39. The molecule has 0 atom stereocenters. The first kappa shape index (κ1) is 23.2. The quantitative estimate of drug-likeness (QED) is 0.381. The number of guanidine groups is 1. The van der Waals surface area contributed by atoms with Crippen LogP contribution in [0.3, 0.4) is 0 Å². The summed E-state index contributed by atoms with van der Waals surface area (Å²) in [6, 6.07) is 11.3. The molecule has 1 aromatic carbocycles. The van der Waals surface area contributed by atoms with Gasteiger partial charge >= 0.3 is 6.18 Å². The van der Waals surface area contributed by atoms with Crippen LogP contribution >= 0.6 is 24.0 Å². The van der Waals surface area contributed by atoms with Crippen molar-refractivity contribution in [2.24, 2.45) is 4.99 Å². The van der Waals surface area contributed by atoms with Crippen LogP contribution in [0.1, 0.15) is 11.3 Å². The van der Waals surface area contributed by atoms with E-state index in [1.54, 1.807) is 19.3 Å². The number of rotatable bonds is 4. The van der Waals surface area contributed by atoms with E-state index in [0.29, 0.717) is 31.9 Å². The molecule has 0 amide bonds. The summed E-state index contributed by atoms with van der Waals surface area (Å²) in [5.74, 6) is 0.805. The van der Waals surface area contributed by atoms with E-state index in [1.807, 2.05) is 23.1 Å². The number of anilines is 1. The van der Waals surface area contributed by atoms with Crippen LogP contribution in [0.2, 0.25) is 0 Å². The topological polar surface area (TPSA) is 43.8 Å². The fraction of sp³-hybridized carbons (Fsp3) is 0.400. The average molecular weight is 519 g/mol. The maximum atomic E-state index is 12.9. The number of nitrogens with zero attached hydrogens (tertiary/aromatic N) is 4. The highest BCUT2D eigenvalue weighted by Crippen LogP contribution is 2.31. The van der Waals surface area contributed by atoms with Gasteiger partial charge in [0.25, 0.3) is 0 Å². The molecule has 1 aliphatic heterocycles. The zero-order valence-electron chi connectivity index (χ0n) is 16.2. The minimum atomic E-state index is -4.32. The molecule has 1 aliphatic rings. The molecule has 1 saturated heterocycles. The van der Waals surface area contributed by atoms with Crippen LogP contribution in [0.5, 0.6) is 0 Å². The zero-order chi connectivity index (χ0) is 20.0. The molecule has 0 unspecified atom stereocenters. The van der Waals surface area contributed by atoms with Gasteiger partial charge in [-0.1, -0.05) is 12.1 Å². The Morgan fingerprint density at radius 1 is 1.10 bits per heavy atom. The molecule has 0 saturated carbocycles. The SMILES string of the molecule is CN=C(NCCc1ccccn1)N1CCN(c2cccc(C(F)(F)F)c2)CC1.I. The van der Waals surface area contributed by atoms with Crippen molar-refractivity contribution in [3.05, 3.63) is 59.9 Å². The lowest BCUT2D eigenvalue weighted by atomic mass is 10.1. The highest BCUT2D eigenvalue weighted by atomic mass is 127. The molecule has 29 heavy (non-hydrogen) atoms. The Balaban J connectivity index is 0.00000300. The van der Waals surface area contributed by atoms with E-state index in [9.17, 15) is 13.2 Å². The number of nitrogens with one attached hydrogen (secondary N) is 1. The number of pyridine rings is 1. The van der Waals surface area contributed by atoms with E-state index in [2.05, 4.69) is 20.2 Å². The molecule has 0 bridgehead atoms. The third kappa shape index (κ3) is 6.48. The van der Waals surface area contributed by atoms with Gasteiger partial charge in [-0.15, -0.1) is 24.0 Å². The second kappa shape index (κ2) is 10.7. The van der Waals surface area contributed by atoms with Crippen LogP contribution in [0.4, 0.5) is 18.9 Å². The van der Waals surface area contributed by atoms with Crippen molar-refractivity contribution in [3.8, 4) is 0 Å². The molecule has 0 aliphatic carbocycles. The summed E-state index contributed by atoms with van der Waals surface area (Å²) in [5, 5.41) is 3.34. The van der Waals surface area contributed by atoms with E-state index in [4.69, 9.17) is 0 Å².